The Labute approximate surface area is 139 Å². The Kier molecular flexibility index (Phi) is 4.52. The molecule has 0 saturated carbocycles. The van der Waals surface area contributed by atoms with Crippen LogP contribution in [0.25, 0.3) is 0 Å². The molecule has 0 bridgehead atoms. The highest BCUT2D eigenvalue weighted by Crippen LogP contribution is 2.22. The van der Waals surface area contributed by atoms with Gasteiger partial charge >= 0.3 is 6.03 Å². The zero-order chi connectivity index (χ0) is 17.1. The summed E-state index contributed by atoms with van der Waals surface area (Å²) in [5.74, 6) is -1.26. The quantitative estimate of drug-likeness (QED) is 0.746. The molecule has 2 heterocycles. The van der Waals surface area contributed by atoms with Gasteiger partial charge in [-0.3, -0.25) is 5.32 Å². The predicted octanol–water partition coefficient (Wildman–Crippen LogP) is 3.95. The van der Waals surface area contributed by atoms with Crippen LogP contribution in [0.1, 0.15) is 16.1 Å². The van der Waals surface area contributed by atoms with E-state index in [-0.39, 0.29) is 0 Å². The van der Waals surface area contributed by atoms with E-state index in [1.165, 1.54) is 29.7 Å². The van der Waals surface area contributed by atoms with Gasteiger partial charge in [-0.15, -0.1) is 11.3 Å². The minimum absolute atomic E-state index is 0.320. The Bertz CT molecular complexity index is 858. The molecule has 0 aliphatic carbocycles. The SMILES string of the molecule is Cc1nocc1NC(=O)Nc1ncc(Cc2cc(F)cc(F)c2)s1. The number of hydrogen-bond donors (Lipinski definition) is 2. The number of amides is 2. The maximum absolute atomic E-state index is 13.2. The first-order chi connectivity index (χ1) is 11.5. The van der Waals surface area contributed by atoms with Gasteiger partial charge in [0.05, 0.1) is 0 Å². The summed E-state index contributed by atoms with van der Waals surface area (Å²) in [6.45, 7) is 1.69. The molecule has 0 unspecified atom stereocenters. The summed E-state index contributed by atoms with van der Waals surface area (Å²) in [4.78, 5) is 16.7. The third-order valence-electron chi connectivity index (χ3n) is 3.07. The molecule has 0 saturated heterocycles. The molecule has 6 nitrogen and oxygen atoms in total. The van der Waals surface area contributed by atoms with Crippen LogP contribution in [0.15, 0.2) is 35.2 Å². The van der Waals surface area contributed by atoms with E-state index in [0.29, 0.717) is 28.5 Å². The zero-order valence-corrected chi connectivity index (χ0v) is 13.3. The first-order valence-electron chi connectivity index (χ1n) is 6.88. The Hall–Kier alpha value is -2.81. The summed E-state index contributed by atoms with van der Waals surface area (Å²) in [5, 5.41) is 9.17. The van der Waals surface area contributed by atoms with Gasteiger partial charge in [-0.05, 0) is 24.6 Å². The van der Waals surface area contributed by atoms with Gasteiger partial charge in [-0.1, -0.05) is 5.16 Å². The molecule has 2 N–H and O–H groups in total. The highest BCUT2D eigenvalue weighted by molar-refractivity contribution is 7.15. The summed E-state index contributed by atoms with van der Waals surface area (Å²) < 4.78 is 31.1. The first-order valence-corrected chi connectivity index (χ1v) is 7.70. The lowest BCUT2D eigenvalue weighted by atomic mass is 10.1. The third-order valence-corrected chi connectivity index (χ3v) is 3.99. The number of hydrogen-bond acceptors (Lipinski definition) is 5. The van der Waals surface area contributed by atoms with Crippen LogP contribution in [0.5, 0.6) is 0 Å². The van der Waals surface area contributed by atoms with Crippen molar-refractivity contribution in [1.29, 1.82) is 0 Å². The normalized spacial score (nSPS) is 10.6. The molecule has 3 rings (SSSR count). The van der Waals surface area contributed by atoms with Crippen LogP contribution in [-0.2, 0) is 6.42 Å². The van der Waals surface area contributed by atoms with Crippen LogP contribution >= 0.6 is 11.3 Å². The van der Waals surface area contributed by atoms with Gasteiger partial charge in [0.25, 0.3) is 0 Å². The maximum atomic E-state index is 13.2. The average molecular weight is 350 g/mol. The molecular weight excluding hydrogens is 338 g/mol. The van der Waals surface area contributed by atoms with Gasteiger partial charge in [0.15, 0.2) is 5.13 Å². The number of urea groups is 1. The minimum atomic E-state index is -0.628. The van der Waals surface area contributed by atoms with Crippen molar-refractivity contribution in [3.8, 4) is 0 Å². The van der Waals surface area contributed by atoms with Gasteiger partial charge in [-0.25, -0.2) is 18.6 Å². The number of benzene rings is 1. The number of nitrogens with one attached hydrogen (secondary N) is 2. The van der Waals surface area contributed by atoms with E-state index in [4.69, 9.17) is 4.52 Å². The summed E-state index contributed by atoms with van der Waals surface area (Å²) in [6, 6.07) is 2.86. The third kappa shape index (κ3) is 3.93. The van der Waals surface area contributed by atoms with Crippen molar-refractivity contribution in [3.05, 3.63) is 58.4 Å². The lowest BCUT2D eigenvalue weighted by Gasteiger charge is -2.02. The number of halogens is 2. The van der Waals surface area contributed by atoms with Gasteiger partial charge in [0, 0.05) is 23.6 Å². The lowest BCUT2D eigenvalue weighted by Crippen LogP contribution is -2.19. The monoisotopic (exact) mass is 350 g/mol. The Morgan fingerprint density at radius 3 is 2.67 bits per heavy atom. The molecule has 24 heavy (non-hydrogen) atoms. The molecule has 1 aromatic carbocycles. The summed E-state index contributed by atoms with van der Waals surface area (Å²) in [7, 11) is 0. The molecule has 0 spiro atoms. The number of rotatable bonds is 4. The fourth-order valence-corrected chi connectivity index (χ4v) is 2.87. The molecule has 0 fully saturated rings. The fourth-order valence-electron chi connectivity index (χ4n) is 2.02. The van der Waals surface area contributed by atoms with Crippen LogP contribution in [-0.4, -0.2) is 16.2 Å². The zero-order valence-electron chi connectivity index (χ0n) is 12.5. The molecule has 0 aliphatic rings. The van der Waals surface area contributed by atoms with Gasteiger partial charge < -0.3 is 9.84 Å². The fraction of sp³-hybridized carbons (Fsp3) is 0.133. The molecular formula is C15H12F2N4O2S. The largest absolute Gasteiger partial charge is 0.362 e. The summed E-state index contributed by atoms with van der Waals surface area (Å²) >= 11 is 1.22. The van der Waals surface area contributed by atoms with Crippen LogP contribution in [0.4, 0.5) is 24.4 Å². The van der Waals surface area contributed by atoms with Gasteiger partial charge in [-0.2, -0.15) is 0 Å². The molecule has 2 amide bonds. The number of carbonyl (C=O) groups is 1. The van der Waals surface area contributed by atoms with Crippen molar-refractivity contribution < 1.29 is 18.1 Å². The van der Waals surface area contributed by atoms with E-state index < -0.39 is 17.7 Å². The second-order valence-electron chi connectivity index (χ2n) is 4.98. The number of aryl methyl sites for hydroxylation is 1. The van der Waals surface area contributed by atoms with E-state index in [1.54, 1.807) is 13.1 Å². The van der Waals surface area contributed by atoms with Crippen molar-refractivity contribution in [1.82, 2.24) is 10.1 Å². The molecule has 2 aromatic heterocycles. The Morgan fingerprint density at radius 2 is 2.00 bits per heavy atom. The molecule has 124 valence electrons. The van der Waals surface area contributed by atoms with E-state index in [1.807, 2.05) is 0 Å². The highest BCUT2D eigenvalue weighted by Gasteiger charge is 2.11. The maximum Gasteiger partial charge on any atom is 0.325 e. The Morgan fingerprint density at radius 1 is 1.25 bits per heavy atom. The second kappa shape index (κ2) is 6.75. The smallest absolute Gasteiger partial charge is 0.325 e. The molecule has 0 aliphatic heterocycles. The number of aromatic nitrogens is 2. The van der Waals surface area contributed by atoms with Crippen LogP contribution < -0.4 is 10.6 Å². The topological polar surface area (TPSA) is 80.0 Å². The lowest BCUT2D eigenvalue weighted by molar-refractivity contribution is 0.262. The van der Waals surface area contributed by atoms with Crippen LogP contribution in [0.3, 0.4) is 0 Å². The van der Waals surface area contributed by atoms with E-state index >= 15 is 0 Å². The van der Waals surface area contributed by atoms with E-state index in [2.05, 4.69) is 20.8 Å². The van der Waals surface area contributed by atoms with Crippen molar-refractivity contribution in [2.24, 2.45) is 0 Å². The summed E-state index contributed by atoms with van der Waals surface area (Å²) in [5.41, 5.74) is 1.50. The van der Waals surface area contributed by atoms with E-state index in [9.17, 15) is 13.6 Å². The number of thiazole rings is 1. The summed E-state index contributed by atoms with van der Waals surface area (Å²) in [6.07, 6.45) is 3.19. The van der Waals surface area contributed by atoms with Crippen molar-refractivity contribution in [3.63, 3.8) is 0 Å². The standard InChI is InChI=1S/C15H12F2N4O2S/c1-8-13(7-23-21-8)19-14(22)20-15-18-6-12(24-15)4-9-2-10(16)5-11(17)3-9/h2-3,5-7H,4H2,1H3,(H2,18,19,20,22). The number of anilines is 2. The molecule has 0 radical (unpaired) electrons. The first kappa shape index (κ1) is 16.1. The average Bonchev–Trinajstić information content (AvgIpc) is 3.08. The van der Waals surface area contributed by atoms with Crippen LogP contribution in [0, 0.1) is 18.6 Å². The minimum Gasteiger partial charge on any atom is -0.362 e. The van der Waals surface area contributed by atoms with Gasteiger partial charge in [0.2, 0.25) is 0 Å². The number of nitrogens with zero attached hydrogens (tertiary/aromatic N) is 2. The van der Waals surface area contributed by atoms with Crippen LogP contribution in [0.2, 0.25) is 0 Å². The Balaban J connectivity index is 1.63. The van der Waals surface area contributed by atoms with E-state index in [0.717, 1.165) is 10.9 Å². The molecule has 9 heteroatoms. The van der Waals surface area contributed by atoms with Crippen molar-refractivity contribution in [2.45, 2.75) is 13.3 Å². The number of carbonyl (C=O) groups excluding carboxylic acids is 1. The van der Waals surface area contributed by atoms with Crippen molar-refractivity contribution in [2.75, 3.05) is 10.6 Å². The predicted molar refractivity (Wildman–Crippen MR) is 85.2 cm³/mol. The highest BCUT2D eigenvalue weighted by atomic mass is 32.1. The van der Waals surface area contributed by atoms with Crippen molar-refractivity contribution >= 4 is 28.2 Å². The molecule has 0 atom stereocenters. The second-order valence-corrected chi connectivity index (χ2v) is 6.09. The molecule has 3 aromatic rings. The van der Waals surface area contributed by atoms with Gasteiger partial charge in [0.1, 0.15) is 29.3 Å².